The van der Waals surface area contributed by atoms with E-state index in [4.69, 9.17) is 5.26 Å². The Morgan fingerprint density at radius 1 is 1.15 bits per heavy atom. The zero-order chi connectivity index (χ0) is 13.9. The maximum absolute atomic E-state index is 12.3. The second-order valence-corrected chi connectivity index (χ2v) is 4.51. The van der Waals surface area contributed by atoms with Crippen molar-refractivity contribution in [3.63, 3.8) is 0 Å². The Hall–Kier alpha value is -2.93. The molecular formula is C16H11N3O. The van der Waals surface area contributed by atoms with Crippen LogP contribution in [-0.2, 0) is 6.54 Å². The monoisotopic (exact) mass is 261 g/mol. The second kappa shape index (κ2) is 4.98. The number of hydrogen-bond donors (Lipinski definition) is 0. The fourth-order valence-electron chi connectivity index (χ4n) is 2.15. The lowest BCUT2D eigenvalue weighted by Crippen LogP contribution is -2.23. The molecule has 4 heteroatoms. The third-order valence-corrected chi connectivity index (χ3v) is 3.15. The van der Waals surface area contributed by atoms with Crippen LogP contribution in [0.1, 0.15) is 11.1 Å². The molecule has 0 aliphatic carbocycles. The lowest BCUT2D eigenvalue weighted by Gasteiger charge is -2.06. The Labute approximate surface area is 115 Å². The molecule has 0 aliphatic rings. The fourth-order valence-corrected chi connectivity index (χ4v) is 2.15. The Kier molecular flexibility index (Phi) is 3.02. The first-order valence-corrected chi connectivity index (χ1v) is 6.22. The van der Waals surface area contributed by atoms with Gasteiger partial charge in [-0.2, -0.15) is 10.4 Å². The summed E-state index contributed by atoms with van der Waals surface area (Å²) in [6, 6.07) is 16.7. The number of benzene rings is 2. The zero-order valence-corrected chi connectivity index (χ0v) is 10.7. The maximum atomic E-state index is 12.3. The molecule has 96 valence electrons. The lowest BCUT2D eigenvalue weighted by molar-refractivity contribution is 0.647. The van der Waals surface area contributed by atoms with Gasteiger partial charge < -0.3 is 0 Å². The van der Waals surface area contributed by atoms with Crippen molar-refractivity contribution >= 4 is 10.8 Å². The van der Waals surface area contributed by atoms with Crippen molar-refractivity contribution in [3.8, 4) is 6.07 Å². The Balaban J connectivity index is 2.05. The normalized spacial score (nSPS) is 10.3. The van der Waals surface area contributed by atoms with E-state index in [1.807, 2.05) is 24.3 Å². The van der Waals surface area contributed by atoms with E-state index in [1.165, 1.54) is 4.68 Å². The van der Waals surface area contributed by atoms with Crippen molar-refractivity contribution in [1.82, 2.24) is 9.78 Å². The summed E-state index contributed by atoms with van der Waals surface area (Å²) in [7, 11) is 0. The molecule has 0 aliphatic heterocycles. The van der Waals surface area contributed by atoms with E-state index in [-0.39, 0.29) is 5.56 Å². The smallest absolute Gasteiger partial charge is 0.267 e. The van der Waals surface area contributed by atoms with E-state index in [2.05, 4.69) is 11.2 Å². The summed E-state index contributed by atoms with van der Waals surface area (Å²) < 4.78 is 1.42. The van der Waals surface area contributed by atoms with Crippen LogP contribution in [0.15, 0.2) is 59.5 Å². The average molecular weight is 261 g/mol. The highest BCUT2D eigenvalue weighted by atomic mass is 16.1. The summed E-state index contributed by atoms with van der Waals surface area (Å²) in [5.41, 5.74) is 1.34. The van der Waals surface area contributed by atoms with Crippen LogP contribution in [0, 0.1) is 11.3 Å². The molecule has 1 aromatic heterocycles. The highest BCUT2D eigenvalue weighted by Gasteiger charge is 2.04. The van der Waals surface area contributed by atoms with Gasteiger partial charge in [-0.05, 0) is 23.8 Å². The minimum atomic E-state index is -0.120. The molecule has 0 spiro atoms. The van der Waals surface area contributed by atoms with Crippen LogP contribution in [0.2, 0.25) is 0 Å². The van der Waals surface area contributed by atoms with Gasteiger partial charge in [-0.1, -0.05) is 30.3 Å². The van der Waals surface area contributed by atoms with Gasteiger partial charge in [-0.15, -0.1) is 0 Å². The van der Waals surface area contributed by atoms with Gasteiger partial charge >= 0.3 is 0 Å². The lowest BCUT2D eigenvalue weighted by atomic mass is 10.1. The summed E-state index contributed by atoms with van der Waals surface area (Å²) >= 11 is 0. The highest BCUT2D eigenvalue weighted by molar-refractivity contribution is 5.80. The maximum Gasteiger partial charge on any atom is 0.274 e. The molecule has 1 heterocycles. The van der Waals surface area contributed by atoms with E-state index in [9.17, 15) is 4.79 Å². The molecule has 0 fully saturated rings. The molecular weight excluding hydrogens is 250 g/mol. The molecule has 0 saturated carbocycles. The molecule has 3 rings (SSSR count). The van der Waals surface area contributed by atoms with Gasteiger partial charge in [0.15, 0.2) is 0 Å². The van der Waals surface area contributed by atoms with Crippen molar-refractivity contribution in [1.29, 1.82) is 5.26 Å². The van der Waals surface area contributed by atoms with Crippen molar-refractivity contribution in [2.24, 2.45) is 0 Å². The molecule has 0 bridgehead atoms. The topological polar surface area (TPSA) is 58.7 Å². The minimum absolute atomic E-state index is 0.120. The third kappa shape index (κ3) is 2.17. The number of aromatic nitrogens is 2. The van der Waals surface area contributed by atoms with Gasteiger partial charge in [0.05, 0.1) is 29.8 Å². The summed E-state index contributed by atoms with van der Waals surface area (Å²) in [5.74, 6) is 0. The predicted octanol–water partition coefficient (Wildman–Crippen LogP) is 2.32. The Morgan fingerprint density at radius 2 is 2.00 bits per heavy atom. The van der Waals surface area contributed by atoms with Crippen molar-refractivity contribution in [3.05, 3.63) is 76.2 Å². The van der Waals surface area contributed by atoms with Crippen molar-refractivity contribution in [2.45, 2.75) is 6.54 Å². The highest BCUT2D eigenvalue weighted by Crippen LogP contribution is 2.08. The molecule has 0 saturated heterocycles. The number of hydrogen-bond acceptors (Lipinski definition) is 3. The first kappa shape index (κ1) is 12.1. The summed E-state index contributed by atoms with van der Waals surface area (Å²) in [5, 5.41) is 14.6. The first-order valence-electron chi connectivity index (χ1n) is 6.22. The van der Waals surface area contributed by atoms with E-state index in [1.54, 1.807) is 30.5 Å². The summed E-state index contributed by atoms with van der Waals surface area (Å²) in [4.78, 5) is 12.3. The number of nitriles is 1. The first-order chi connectivity index (χ1) is 9.78. The van der Waals surface area contributed by atoms with Gasteiger partial charge in [-0.25, -0.2) is 4.68 Å². The fraction of sp³-hybridized carbons (Fsp3) is 0.0625. The van der Waals surface area contributed by atoms with Crippen LogP contribution in [0.3, 0.4) is 0 Å². The standard InChI is InChI=1S/C16H11N3O/c17-9-12-4-3-5-13(8-12)11-19-16(20)15-7-2-1-6-14(15)10-18-19/h1-8,10H,11H2. The third-order valence-electron chi connectivity index (χ3n) is 3.15. The Bertz CT molecular complexity index is 875. The van der Waals surface area contributed by atoms with Gasteiger partial charge in [0.25, 0.3) is 5.56 Å². The van der Waals surface area contributed by atoms with E-state index >= 15 is 0 Å². The van der Waals surface area contributed by atoms with Crippen LogP contribution in [0.4, 0.5) is 0 Å². The molecule has 0 unspecified atom stereocenters. The SMILES string of the molecule is N#Cc1cccc(Cn2ncc3ccccc3c2=O)c1. The zero-order valence-electron chi connectivity index (χ0n) is 10.7. The second-order valence-electron chi connectivity index (χ2n) is 4.51. The van der Waals surface area contributed by atoms with Crippen molar-refractivity contribution < 1.29 is 0 Å². The van der Waals surface area contributed by atoms with Crippen LogP contribution in [-0.4, -0.2) is 9.78 Å². The van der Waals surface area contributed by atoms with Crippen LogP contribution >= 0.6 is 0 Å². The van der Waals surface area contributed by atoms with E-state index < -0.39 is 0 Å². The summed E-state index contributed by atoms with van der Waals surface area (Å²) in [6.45, 7) is 0.360. The number of fused-ring (bicyclic) bond motifs is 1. The predicted molar refractivity (Wildman–Crippen MR) is 76.3 cm³/mol. The molecule has 0 amide bonds. The molecule has 0 atom stereocenters. The van der Waals surface area contributed by atoms with Gasteiger partial charge in [0, 0.05) is 5.39 Å². The molecule has 0 radical (unpaired) electrons. The van der Waals surface area contributed by atoms with Gasteiger partial charge in [-0.3, -0.25) is 4.79 Å². The van der Waals surface area contributed by atoms with E-state index in [0.29, 0.717) is 17.5 Å². The molecule has 4 nitrogen and oxygen atoms in total. The molecule has 2 aromatic carbocycles. The average Bonchev–Trinajstić information content (AvgIpc) is 2.50. The molecule has 20 heavy (non-hydrogen) atoms. The summed E-state index contributed by atoms with van der Waals surface area (Å²) in [6.07, 6.45) is 1.69. The van der Waals surface area contributed by atoms with E-state index in [0.717, 1.165) is 10.9 Å². The van der Waals surface area contributed by atoms with Crippen LogP contribution < -0.4 is 5.56 Å². The largest absolute Gasteiger partial charge is 0.274 e. The number of nitrogens with zero attached hydrogens (tertiary/aromatic N) is 3. The number of rotatable bonds is 2. The quantitative estimate of drug-likeness (QED) is 0.711. The van der Waals surface area contributed by atoms with Gasteiger partial charge in [0.2, 0.25) is 0 Å². The minimum Gasteiger partial charge on any atom is -0.267 e. The van der Waals surface area contributed by atoms with Gasteiger partial charge in [0.1, 0.15) is 0 Å². The Morgan fingerprint density at radius 3 is 2.85 bits per heavy atom. The molecule has 3 aromatic rings. The van der Waals surface area contributed by atoms with Crippen LogP contribution in [0.25, 0.3) is 10.8 Å². The van der Waals surface area contributed by atoms with Crippen molar-refractivity contribution in [2.75, 3.05) is 0 Å². The molecule has 0 N–H and O–H groups in total. The van der Waals surface area contributed by atoms with Crippen LogP contribution in [0.5, 0.6) is 0 Å².